The molecule has 2 aromatic rings. The van der Waals surface area contributed by atoms with Crippen molar-refractivity contribution in [3.05, 3.63) is 58.2 Å². The van der Waals surface area contributed by atoms with Crippen LogP contribution in [0.2, 0.25) is 0 Å². The summed E-state index contributed by atoms with van der Waals surface area (Å²) < 4.78 is 21.3. The van der Waals surface area contributed by atoms with Gasteiger partial charge in [-0.1, -0.05) is 18.2 Å². The Hall–Kier alpha value is -2.63. The molecule has 1 fully saturated rings. The number of piperidine rings is 1. The van der Waals surface area contributed by atoms with Crippen molar-refractivity contribution in [1.82, 2.24) is 9.47 Å². The largest absolute Gasteiger partial charge is 0.466 e. The summed E-state index contributed by atoms with van der Waals surface area (Å²) in [6.07, 6.45) is 1.21. The Bertz CT molecular complexity index is 911. The van der Waals surface area contributed by atoms with Crippen LogP contribution in [0.3, 0.4) is 0 Å². The maximum Gasteiger partial charge on any atom is 0.309 e. The van der Waals surface area contributed by atoms with Crippen LogP contribution in [-0.2, 0) is 16.1 Å². The lowest BCUT2D eigenvalue weighted by Gasteiger charge is -2.31. The number of likely N-dealkylation sites (tertiary alicyclic amines) is 1. The summed E-state index contributed by atoms with van der Waals surface area (Å²) in [4.78, 5) is 27.2. The summed E-state index contributed by atoms with van der Waals surface area (Å²) >= 11 is 0. The minimum atomic E-state index is -0.274. The Balaban J connectivity index is 1.83. The molecule has 0 saturated carbocycles. The van der Waals surface area contributed by atoms with Crippen molar-refractivity contribution in [2.75, 3.05) is 19.7 Å². The highest BCUT2D eigenvalue weighted by Crippen LogP contribution is 2.27. The molecule has 29 heavy (non-hydrogen) atoms. The number of carbonyl (C=O) groups excluding carboxylic acids is 2. The summed E-state index contributed by atoms with van der Waals surface area (Å²) in [7, 11) is 0. The van der Waals surface area contributed by atoms with Crippen molar-refractivity contribution in [3.8, 4) is 0 Å². The van der Waals surface area contributed by atoms with E-state index in [1.165, 1.54) is 6.07 Å². The number of carbonyl (C=O) groups is 2. The van der Waals surface area contributed by atoms with Crippen molar-refractivity contribution >= 4 is 11.9 Å². The lowest BCUT2D eigenvalue weighted by atomic mass is 9.96. The molecular weight excluding hydrogens is 371 g/mol. The van der Waals surface area contributed by atoms with E-state index in [0.29, 0.717) is 50.3 Å². The predicted octanol–water partition coefficient (Wildman–Crippen LogP) is 4.02. The molecule has 1 aliphatic heterocycles. The van der Waals surface area contributed by atoms with E-state index in [2.05, 4.69) is 0 Å². The van der Waals surface area contributed by atoms with Crippen LogP contribution >= 0.6 is 0 Å². The molecule has 0 unspecified atom stereocenters. The van der Waals surface area contributed by atoms with Crippen LogP contribution in [0.1, 0.15) is 52.6 Å². The highest BCUT2D eigenvalue weighted by molar-refractivity contribution is 5.95. The zero-order valence-corrected chi connectivity index (χ0v) is 17.6. The molecule has 0 bridgehead atoms. The molecule has 2 heterocycles. The van der Waals surface area contributed by atoms with E-state index in [-0.39, 0.29) is 23.6 Å². The summed E-state index contributed by atoms with van der Waals surface area (Å²) in [5.74, 6) is -0.652. The van der Waals surface area contributed by atoms with Crippen molar-refractivity contribution in [2.45, 2.75) is 47.1 Å². The van der Waals surface area contributed by atoms with Gasteiger partial charge in [0.1, 0.15) is 11.5 Å². The number of esters is 1. The number of hydrogen-bond donors (Lipinski definition) is 0. The molecule has 0 aliphatic carbocycles. The van der Waals surface area contributed by atoms with E-state index >= 15 is 0 Å². The fraction of sp³-hybridized carbons (Fsp3) is 0.478. The summed E-state index contributed by atoms with van der Waals surface area (Å²) in [6.45, 7) is 9.42. The summed E-state index contributed by atoms with van der Waals surface area (Å²) in [6, 6.07) is 6.66. The monoisotopic (exact) mass is 400 g/mol. The third-order valence-electron chi connectivity index (χ3n) is 6.03. The molecule has 0 spiro atoms. The average molecular weight is 400 g/mol. The van der Waals surface area contributed by atoms with Crippen LogP contribution in [0.15, 0.2) is 24.3 Å². The number of ether oxygens (including phenoxy) is 1. The maximum atomic E-state index is 14.2. The quantitative estimate of drug-likeness (QED) is 0.713. The van der Waals surface area contributed by atoms with Gasteiger partial charge in [-0.3, -0.25) is 9.59 Å². The van der Waals surface area contributed by atoms with Crippen molar-refractivity contribution in [2.24, 2.45) is 5.92 Å². The van der Waals surface area contributed by atoms with Gasteiger partial charge < -0.3 is 14.2 Å². The summed E-state index contributed by atoms with van der Waals surface area (Å²) in [5.41, 5.74) is 4.11. The highest BCUT2D eigenvalue weighted by Gasteiger charge is 2.31. The molecule has 3 rings (SSSR count). The fourth-order valence-electron chi connectivity index (χ4n) is 4.02. The second-order valence-electron chi connectivity index (χ2n) is 7.68. The first-order valence-electron chi connectivity index (χ1n) is 10.2. The molecule has 0 radical (unpaired) electrons. The van der Waals surface area contributed by atoms with Crippen molar-refractivity contribution in [1.29, 1.82) is 0 Å². The molecule has 0 atom stereocenters. The lowest BCUT2D eigenvalue weighted by Crippen LogP contribution is -2.41. The standard InChI is InChI=1S/C23H29FN2O3/c1-5-29-23(28)18-10-12-25(13-11-18)22(27)21-16(3)15(2)17(4)26(21)14-19-8-6-7-9-20(19)24/h6-9,18H,5,10-14H2,1-4H3. The van der Waals surface area contributed by atoms with Gasteiger partial charge >= 0.3 is 5.97 Å². The number of hydrogen-bond acceptors (Lipinski definition) is 3. The molecule has 1 aromatic heterocycles. The molecule has 6 heteroatoms. The van der Waals surface area contributed by atoms with Gasteiger partial charge in [0.05, 0.1) is 19.1 Å². The van der Waals surface area contributed by atoms with Gasteiger partial charge in [0, 0.05) is 24.3 Å². The van der Waals surface area contributed by atoms with Crippen LogP contribution in [0.25, 0.3) is 0 Å². The van der Waals surface area contributed by atoms with E-state index in [4.69, 9.17) is 4.74 Å². The van der Waals surface area contributed by atoms with E-state index in [0.717, 1.165) is 16.8 Å². The zero-order valence-electron chi connectivity index (χ0n) is 17.6. The molecule has 5 nitrogen and oxygen atoms in total. The van der Waals surface area contributed by atoms with E-state index in [1.807, 2.05) is 25.3 Å². The Labute approximate surface area is 171 Å². The SMILES string of the molecule is CCOC(=O)C1CCN(C(=O)c2c(C)c(C)c(C)n2Cc2ccccc2F)CC1. The maximum absolute atomic E-state index is 14.2. The van der Waals surface area contributed by atoms with Gasteiger partial charge in [-0.05, 0) is 57.7 Å². The number of aromatic nitrogens is 1. The van der Waals surface area contributed by atoms with Crippen LogP contribution in [0.4, 0.5) is 4.39 Å². The minimum absolute atomic E-state index is 0.0580. The smallest absolute Gasteiger partial charge is 0.309 e. The third kappa shape index (κ3) is 4.21. The molecule has 156 valence electrons. The molecule has 1 aromatic carbocycles. The van der Waals surface area contributed by atoms with E-state index < -0.39 is 0 Å². The van der Waals surface area contributed by atoms with Gasteiger partial charge in [0.15, 0.2) is 0 Å². The van der Waals surface area contributed by atoms with Crippen molar-refractivity contribution in [3.63, 3.8) is 0 Å². The predicted molar refractivity (Wildman–Crippen MR) is 109 cm³/mol. The fourth-order valence-corrected chi connectivity index (χ4v) is 4.02. The second-order valence-corrected chi connectivity index (χ2v) is 7.68. The van der Waals surface area contributed by atoms with Crippen molar-refractivity contribution < 1.29 is 18.7 Å². The minimum Gasteiger partial charge on any atom is -0.466 e. The number of nitrogens with zero attached hydrogens (tertiary/aromatic N) is 2. The van der Waals surface area contributed by atoms with Gasteiger partial charge in [-0.15, -0.1) is 0 Å². The van der Waals surface area contributed by atoms with Crippen LogP contribution in [0, 0.1) is 32.5 Å². The number of benzene rings is 1. The van der Waals surface area contributed by atoms with Gasteiger partial charge in [-0.2, -0.15) is 0 Å². The summed E-state index contributed by atoms with van der Waals surface area (Å²) in [5, 5.41) is 0. The zero-order chi connectivity index (χ0) is 21.1. The first-order valence-corrected chi connectivity index (χ1v) is 10.2. The van der Waals surface area contributed by atoms with Gasteiger partial charge in [0.2, 0.25) is 0 Å². The Morgan fingerprint density at radius 1 is 1.10 bits per heavy atom. The number of amides is 1. The Kier molecular flexibility index (Phi) is 6.40. The topological polar surface area (TPSA) is 51.5 Å². The molecule has 1 saturated heterocycles. The first kappa shape index (κ1) is 21.1. The Morgan fingerprint density at radius 2 is 1.76 bits per heavy atom. The third-order valence-corrected chi connectivity index (χ3v) is 6.03. The lowest BCUT2D eigenvalue weighted by molar-refractivity contribution is -0.149. The normalized spacial score (nSPS) is 14.9. The molecular formula is C23H29FN2O3. The second kappa shape index (κ2) is 8.80. The van der Waals surface area contributed by atoms with E-state index in [9.17, 15) is 14.0 Å². The molecule has 1 amide bonds. The Morgan fingerprint density at radius 3 is 2.38 bits per heavy atom. The molecule has 1 aliphatic rings. The van der Waals surface area contributed by atoms with Crippen LogP contribution < -0.4 is 0 Å². The highest BCUT2D eigenvalue weighted by atomic mass is 19.1. The van der Waals surface area contributed by atoms with Crippen LogP contribution in [-0.4, -0.2) is 41.0 Å². The average Bonchev–Trinajstić information content (AvgIpc) is 2.93. The van der Waals surface area contributed by atoms with Gasteiger partial charge in [0.25, 0.3) is 5.91 Å². The van der Waals surface area contributed by atoms with Gasteiger partial charge in [-0.25, -0.2) is 4.39 Å². The number of halogens is 1. The molecule has 0 N–H and O–H groups in total. The van der Waals surface area contributed by atoms with E-state index in [1.54, 1.807) is 30.0 Å². The number of rotatable bonds is 5. The first-order chi connectivity index (χ1) is 13.8. The van der Waals surface area contributed by atoms with Crippen LogP contribution in [0.5, 0.6) is 0 Å².